The molecule has 0 amide bonds. The zero-order valence-corrected chi connectivity index (χ0v) is 11.7. The van der Waals surface area contributed by atoms with Crippen molar-refractivity contribution >= 4 is 0 Å². The van der Waals surface area contributed by atoms with Crippen LogP contribution >= 0.6 is 0 Å². The molecule has 1 aliphatic carbocycles. The Balaban J connectivity index is 1.78. The van der Waals surface area contributed by atoms with Gasteiger partial charge in [-0.25, -0.2) is 4.98 Å². The lowest BCUT2D eigenvalue weighted by atomic mass is 9.79. The van der Waals surface area contributed by atoms with Crippen molar-refractivity contribution in [2.45, 2.75) is 38.4 Å². The maximum atomic E-state index is 9.26. The molecule has 1 unspecified atom stereocenters. The summed E-state index contributed by atoms with van der Waals surface area (Å²) in [6, 6.07) is 3.95. The quantitative estimate of drug-likeness (QED) is 0.791. The second-order valence-electron chi connectivity index (χ2n) is 5.35. The van der Waals surface area contributed by atoms with Crippen molar-refractivity contribution < 1.29 is 14.9 Å². The molecule has 1 atom stereocenters. The molecule has 0 bridgehead atoms. The normalized spacial score (nSPS) is 22.6. The van der Waals surface area contributed by atoms with Crippen LogP contribution in [-0.2, 0) is 11.2 Å². The Hall–Kier alpha value is -1.41. The summed E-state index contributed by atoms with van der Waals surface area (Å²) < 4.78 is 5.25. The number of hydrogen-bond acceptors (Lipinski definition) is 4. The molecular formula is C16H21NO3. The van der Waals surface area contributed by atoms with Crippen molar-refractivity contribution in [3.05, 3.63) is 29.6 Å². The van der Waals surface area contributed by atoms with Gasteiger partial charge in [-0.3, -0.25) is 0 Å². The summed E-state index contributed by atoms with van der Waals surface area (Å²) >= 11 is 0. The van der Waals surface area contributed by atoms with Crippen LogP contribution in [0.25, 0.3) is 0 Å². The minimum absolute atomic E-state index is 0.00446. The number of pyridine rings is 1. The van der Waals surface area contributed by atoms with E-state index in [1.165, 1.54) is 5.56 Å². The Morgan fingerprint density at radius 3 is 2.85 bits per heavy atom. The number of aromatic nitrogens is 1. The van der Waals surface area contributed by atoms with Gasteiger partial charge in [0.15, 0.2) is 0 Å². The van der Waals surface area contributed by atoms with Crippen LogP contribution in [0.5, 0.6) is 0 Å². The van der Waals surface area contributed by atoms with Crippen LogP contribution < -0.4 is 0 Å². The SMILES string of the molecule is CC(CO)OCC#Cc1ccc(CC2CC(O)C2)cn1. The zero-order valence-electron chi connectivity index (χ0n) is 11.7. The number of aliphatic hydroxyl groups excluding tert-OH is 2. The van der Waals surface area contributed by atoms with Gasteiger partial charge in [-0.2, -0.15) is 0 Å². The lowest BCUT2D eigenvalue weighted by Gasteiger charge is -2.31. The van der Waals surface area contributed by atoms with Crippen molar-refractivity contribution in [1.82, 2.24) is 4.98 Å². The van der Waals surface area contributed by atoms with E-state index in [-0.39, 0.29) is 18.8 Å². The summed E-state index contributed by atoms with van der Waals surface area (Å²) in [7, 11) is 0. The molecule has 0 aliphatic heterocycles. The molecule has 1 aliphatic rings. The van der Waals surface area contributed by atoms with E-state index in [4.69, 9.17) is 9.84 Å². The molecule has 4 nitrogen and oxygen atoms in total. The molecule has 0 aromatic carbocycles. The fourth-order valence-corrected chi connectivity index (χ4v) is 2.18. The molecule has 108 valence electrons. The molecule has 0 spiro atoms. The van der Waals surface area contributed by atoms with E-state index in [0.717, 1.165) is 25.0 Å². The molecule has 2 N–H and O–H groups in total. The highest BCUT2D eigenvalue weighted by molar-refractivity contribution is 5.29. The van der Waals surface area contributed by atoms with Crippen molar-refractivity contribution in [2.24, 2.45) is 5.92 Å². The number of rotatable bonds is 5. The van der Waals surface area contributed by atoms with Gasteiger partial charge in [0, 0.05) is 6.20 Å². The molecule has 2 rings (SSSR count). The highest BCUT2D eigenvalue weighted by Crippen LogP contribution is 2.30. The van der Waals surface area contributed by atoms with E-state index in [1.807, 2.05) is 18.3 Å². The van der Waals surface area contributed by atoms with Crippen LogP contribution in [0.15, 0.2) is 18.3 Å². The average Bonchev–Trinajstić information content (AvgIpc) is 2.43. The van der Waals surface area contributed by atoms with Gasteiger partial charge >= 0.3 is 0 Å². The first-order valence-corrected chi connectivity index (χ1v) is 7.01. The first-order valence-electron chi connectivity index (χ1n) is 7.01. The molecule has 1 heterocycles. The Kier molecular flexibility index (Phi) is 5.54. The van der Waals surface area contributed by atoms with Crippen LogP contribution in [0, 0.1) is 17.8 Å². The van der Waals surface area contributed by atoms with Crippen LogP contribution in [0.2, 0.25) is 0 Å². The van der Waals surface area contributed by atoms with Gasteiger partial charge < -0.3 is 14.9 Å². The van der Waals surface area contributed by atoms with Gasteiger partial charge in [0.1, 0.15) is 12.3 Å². The topological polar surface area (TPSA) is 62.6 Å². The summed E-state index contributed by atoms with van der Waals surface area (Å²) in [5.41, 5.74) is 1.92. The van der Waals surface area contributed by atoms with Gasteiger partial charge in [-0.1, -0.05) is 12.0 Å². The Morgan fingerprint density at radius 1 is 1.45 bits per heavy atom. The highest BCUT2D eigenvalue weighted by atomic mass is 16.5. The number of ether oxygens (including phenoxy) is 1. The maximum Gasteiger partial charge on any atom is 0.113 e. The predicted molar refractivity (Wildman–Crippen MR) is 76.0 cm³/mol. The van der Waals surface area contributed by atoms with Crippen LogP contribution in [-0.4, -0.2) is 40.6 Å². The summed E-state index contributed by atoms with van der Waals surface area (Å²) in [5.74, 6) is 6.40. The van der Waals surface area contributed by atoms with Crippen molar-refractivity contribution in [2.75, 3.05) is 13.2 Å². The number of aliphatic hydroxyl groups is 2. The summed E-state index contributed by atoms with van der Waals surface area (Å²) in [5, 5.41) is 18.1. The van der Waals surface area contributed by atoms with Crippen molar-refractivity contribution in [3.8, 4) is 11.8 Å². The van der Waals surface area contributed by atoms with Gasteiger partial charge in [0.05, 0.1) is 18.8 Å². The minimum atomic E-state index is -0.183. The molecule has 20 heavy (non-hydrogen) atoms. The Morgan fingerprint density at radius 2 is 2.25 bits per heavy atom. The van der Waals surface area contributed by atoms with E-state index in [0.29, 0.717) is 12.5 Å². The first-order chi connectivity index (χ1) is 9.67. The van der Waals surface area contributed by atoms with Gasteiger partial charge in [0.2, 0.25) is 0 Å². The Labute approximate surface area is 119 Å². The van der Waals surface area contributed by atoms with Gasteiger partial charge in [-0.05, 0) is 49.7 Å². The second-order valence-corrected chi connectivity index (χ2v) is 5.35. The zero-order chi connectivity index (χ0) is 14.4. The van der Waals surface area contributed by atoms with Crippen molar-refractivity contribution in [3.63, 3.8) is 0 Å². The van der Waals surface area contributed by atoms with Crippen LogP contribution in [0.1, 0.15) is 31.0 Å². The molecule has 1 saturated carbocycles. The maximum absolute atomic E-state index is 9.26. The van der Waals surface area contributed by atoms with E-state index in [2.05, 4.69) is 16.8 Å². The molecule has 4 heteroatoms. The molecular weight excluding hydrogens is 254 g/mol. The third kappa shape index (κ3) is 4.61. The predicted octanol–water partition coefficient (Wildman–Crippen LogP) is 1.14. The molecule has 0 saturated heterocycles. The van der Waals surface area contributed by atoms with E-state index in [1.54, 1.807) is 6.92 Å². The third-order valence-corrected chi connectivity index (χ3v) is 3.47. The summed E-state index contributed by atoms with van der Waals surface area (Å²) in [6.45, 7) is 2.10. The highest BCUT2D eigenvalue weighted by Gasteiger charge is 2.26. The van der Waals surface area contributed by atoms with E-state index < -0.39 is 0 Å². The fourth-order valence-electron chi connectivity index (χ4n) is 2.18. The smallest absolute Gasteiger partial charge is 0.113 e. The standard InChI is InChI=1S/C16H21NO3/c1-12(11-18)20-6-2-3-15-5-4-13(10-17-15)7-14-8-16(19)9-14/h4-5,10,12,14,16,18-19H,6-9,11H2,1H3. The first kappa shape index (κ1) is 15.0. The molecule has 0 radical (unpaired) electrons. The third-order valence-electron chi connectivity index (χ3n) is 3.47. The molecule has 1 aromatic rings. The van der Waals surface area contributed by atoms with Crippen molar-refractivity contribution in [1.29, 1.82) is 0 Å². The number of nitrogens with zero attached hydrogens (tertiary/aromatic N) is 1. The monoisotopic (exact) mass is 275 g/mol. The summed E-state index contributed by atoms with van der Waals surface area (Å²) in [6.07, 6.45) is 4.36. The lowest BCUT2D eigenvalue weighted by Crippen LogP contribution is -2.29. The average molecular weight is 275 g/mol. The Bertz CT molecular complexity index is 469. The molecule has 1 fully saturated rings. The van der Waals surface area contributed by atoms with Crippen LogP contribution in [0.3, 0.4) is 0 Å². The van der Waals surface area contributed by atoms with Crippen LogP contribution in [0.4, 0.5) is 0 Å². The number of hydrogen-bond donors (Lipinski definition) is 2. The lowest BCUT2D eigenvalue weighted by molar-refractivity contribution is 0.0432. The second kappa shape index (κ2) is 7.39. The van der Waals surface area contributed by atoms with Gasteiger partial charge in [0.25, 0.3) is 0 Å². The fraction of sp³-hybridized carbons (Fsp3) is 0.562. The molecule has 1 aromatic heterocycles. The van der Waals surface area contributed by atoms with Gasteiger partial charge in [-0.15, -0.1) is 0 Å². The summed E-state index contributed by atoms with van der Waals surface area (Å²) in [4.78, 5) is 4.30. The largest absolute Gasteiger partial charge is 0.394 e. The van der Waals surface area contributed by atoms with E-state index >= 15 is 0 Å². The minimum Gasteiger partial charge on any atom is -0.394 e. The van der Waals surface area contributed by atoms with E-state index in [9.17, 15) is 5.11 Å².